The van der Waals surface area contributed by atoms with E-state index < -0.39 is 42.9 Å². The Hall–Kier alpha value is -2.85. The van der Waals surface area contributed by atoms with Crippen molar-refractivity contribution in [2.45, 2.75) is 71.3 Å². The van der Waals surface area contributed by atoms with Crippen LogP contribution in [0, 0.1) is 6.92 Å². The number of aromatic nitrogens is 1. The van der Waals surface area contributed by atoms with Gasteiger partial charge in [-0.05, 0) is 81.0 Å². The van der Waals surface area contributed by atoms with Gasteiger partial charge in [0.2, 0.25) is 15.6 Å². The highest BCUT2D eigenvalue weighted by atomic mass is 32.2. The summed E-state index contributed by atoms with van der Waals surface area (Å²) in [5.74, 6) is 0.322. The topological polar surface area (TPSA) is 175 Å². The van der Waals surface area contributed by atoms with Gasteiger partial charge in [-0.25, -0.2) is 16.8 Å². The summed E-state index contributed by atoms with van der Waals surface area (Å²) in [5.41, 5.74) is 0.634. The minimum Gasteiger partial charge on any atom is -0.491 e. The van der Waals surface area contributed by atoms with Crippen molar-refractivity contribution in [3.63, 3.8) is 0 Å². The number of aliphatic hydroxyl groups is 2. The molecule has 0 radical (unpaired) electrons. The van der Waals surface area contributed by atoms with Crippen molar-refractivity contribution < 1.29 is 36.5 Å². The number of aryl methyl sites for hydroxylation is 1. The van der Waals surface area contributed by atoms with Crippen LogP contribution >= 0.6 is 0 Å². The van der Waals surface area contributed by atoms with Gasteiger partial charge >= 0.3 is 0 Å². The minimum absolute atomic E-state index is 0.0184. The lowest BCUT2D eigenvalue weighted by molar-refractivity contribution is -0.0312. The summed E-state index contributed by atoms with van der Waals surface area (Å²) in [4.78, 5) is 14.8. The van der Waals surface area contributed by atoms with Crippen LogP contribution in [0.5, 0.6) is 5.75 Å². The van der Waals surface area contributed by atoms with Crippen LogP contribution in [0.15, 0.2) is 63.1 Å². The number of pyridine rings is 1. The third kappa shape index (κ3) is 6.29. The zero-order valence-corrected chi connectivity index (χ0v) is 26.7. The first-order valence-electron chi connectivity index (χ1n) is 15.1. The molecule has 2 atom stereocenters. The Morgan fingerprint density at radius 2 is 1.82 bits per heavy atom. The number of aliphatic hydroxyl groups excluding tert-OH is 2. The van der Waals surface area contributed by atoms with Gasteiger partial charge in [0.1, 0.15) is 18.5 Å². The van der Waals surface area contributed by atoms with Crippen molar-refractivity contribution in [3.05, 3.63) is 64.4 Å². The number of nitrogens with zero attached hydrogens (tertiary/aromatic N) is 1. The lowest BCUT2D eigenvalue weighted by atomic mass is 9.88. The first-order chi connectivity index (χ1) is 21.4. The van der Waals surface area contributed by atoms with Crippen LogP contribution in [0.2, 0.25) is 0 Å². The number of piperidine rings is 1. The van der Waals surface area contributed by atoms with Gasteiger partial charge in [-0.2, -0.15) is 4.31 Å². The lowest BCUT2D eigenvalue weighted by Gasteiger charge is -2.38. The number of nitrogens with one attached hydrogen (secondary N) is 2. The molecule has 1 spiro atoms. The van der Waals surface area contributed by atoms with Crippen molar-refractivity contribution >= 4 is 30.8 Å². The molecule has 3 aliphatic rings. The van der Waals surface area contributed by atoms with Crippen LogP contribution in [0.1, 0.15) is 37.7 Å². The molecule has 2 aromatic carbocycles. The van der Waals surface area contributed by atoms with E-state index in [1.165, 1.54) is 28.6 Å². The van der Waals surface area contributed by atoms with Gasteiger partial charge in [-0.15, -0.1) is 0 Å². The molecule has 45 heavy (non-hydrogen) atoms. The first kappa shape index (κ1) is 32.1. The molecule has 0 amide bonds. The smallest absolute Gasteiger partial charge is 0.248 e. The molecule has 6 rings (SSSR count). The van der Waals surface area contributed by atoms with Gasteiger partial charge in [0.25, 0.3) is 0 Å². The van der Waals surface area contributed by atoms with E-state index in [-0.39, 0.29) is 34.5 Å². The van der Waals surface area contributed by atoms with Crippen molar-refractivity contribution in [2.24, 2.45) is 0 Å². The second-order valence-electron chi connectivity index (χ2n) is 12.5. The van der Waals surface area contributed by atoms with Gasteiger partial charge in [-0.3, -0.25) is 4.79 Å². The van der Waals surface area contributed by atoms with E-state index in [1.54, 1.807) is 31.2 Å². The predicted molar refractivity (Wildman–Crippen MR) is 167 cm³/mol. The molecule has 3 heterocycles. The summed E-state index contributed by atoms with van der Waals surface area (Å²) in [7, 11) is -7.41. The predicted octanol–water partition coefficient (Wildman–Crippen LogP) is 1.48. The van der Waals surface area contributed by atoms with E-state index in [1.807, 2.05) is 0 Å². The fourth-order valence-electron chi connectivity index (χ4n) is 6.36. The fraction of sp³-hybridized carbons (Fsp3) is 0.516. The van der Waals surface area contributed by atoms with E-state index in [0.717, 1.165) is 0 Å². The molecular weight excluding hydrogens is 622 g/mol. The third-order valence-electron chi connectivity index (χ3n) is 9.37. The molecule has 1 aliphatic carbocycles. The maximum Gasteiger partial charge on any atom is 0.248 e. The first-order valence-corrected chi connectivity index (χ1v) is 18.1. The molecule has 3 aromatic rings. The molecule has 3 fully saturated rings. The number of fused-ring (bicyclic) bond motifs is 1. The van der Waals surface area contributed by atoms with Gasteiger partial charge in [0.15, 0.2) is 9.84 Å². The average molecular weight is 662 g/mol. The maximum absolute atomic E-state index is 13.5. The van der Waals surface area contributed by atoms with Crippen LogP contribution < -0.4 is 15.6 Å². The molecule has 1 aromatic heterocycles. The Labute approximate surface area is 262 Å². The number of rotatable bonds is 11. The molecule has 2 saturated heterocycles. The van der Waals surface area contributed by atoms with Crippen LogP contribution in [0.4, 0.5) is 0 Å². The molecule has 2 aliphatic heterocycles. The Kier molecular flexibility index (Phi) is 8.61. The summed E-state index contributed by atoms with van der Waals surface area (Å²) in [6.07, 6.45) is 1.79. The van der Waals surface area contributed by atoms with Gasteiger partial charge < -0.3 is 30.0 Å². The van der Waals surface area contributed by atoms with Crippen molar-refractivity contribution in [1.82, 2.24) is 14.6 Å². The highest BCUT2D eigenvalue weighted by molar-refractivity contribution is 7.93. The number of hydrogen-bond donors (Lipinski definition) is 4. The summed E-state index contributed by atoms with van der Waals surface area (Å²) >= 11 is 0. The Balaban J connectivity index is 0.984. The number of sulfonamides is 1. The van der Waals surface area contributed by atoms with E-state index in [9.17, 15) is 31.8 Å². The van der Waals surface area contributed by atoms with Crippen molar-refractivity contribution in [1.29, 1.82) is 0 Å². The van der Waals surface area contributed by atoms with E-state index in [2.05, 4.69) is 10.3 Å². The standard InChI is InChI=1S/C31H39N3O9S2/c1-21-13-29(37)33-28-6-5-26(15-27(21)28)45(40,41)34-11-9-30(10-12-34)16-22(18-43-30)32-17-23(36)19-42-24-3-2-4-25(14-24)44(38,39)31(20-35)7-8-31/h2-6,13-15,22-23,32,35-36H,7-12,16-20H2,1H3,(H,33,37)/t22-,23?/m1/s1. The Morgan fingerprint density at radius 3 is 2.53 bits per heavy atom. The number of ether oxygens (including phenoxy) is 2. The van der Waals surface area contributed by atoms with Crippen molar-refractivity contribution in [3.8, 4) is 5.75 Å². The summed E-state index contributed by atoms with van der Waals surface area (Å²) in [6.45, 7) is 2.65. The van der Waals surface area contributed by atoms with Crippen LogP contribution in [0.3, 0.4) is 0 Å². The molecule has 244 valence electrons. The Bertz CT molecular complexity index is 1850. The molecule has 1 unspecified atom stereocenters. The second-order valence-corrected chi connectivity index (χ2v) is 16.8. The quantitative estimate of drug-likeness (QED) is 0.236. The minimum atomic E-state index is -3.73. The normalized spacial score (nSPS) is 22.1. The molecule has 0 bridgehead atoms. The third-order valence-corrected chi connectivity index (χ3v) is 13.8. The summed E-state index contributed by atoms with van der Waals surface area (Å²) in [5, 5.41) is 24.1. The monoisotopic (exact) mass is 661 g/mol. The van der Waals surface area contributed by atoms with E-state index in [4.69, 9.17) is 9.47 Å². The highest BCUT2D eigenvalue weighted by Crippen LogP contribution is 2.46. The fourth-order valence-corrected chi connectivity index (χ4v) is 9.66. The molecule has 14 heteroatoms. The zero-order valence-electron chi connectivity index (χ0n) is 25.1. The van der Waals surface area contributed by atoms with Crippen molar-refractivity contribution in [2.75, 3.05) is 39.5 Å². The van der Waals surface area contributed by atoms with Gasteiger partial charge in [0.05, 0.1) is 33.4 Å². The number of sulfone groups is 1. The average Bonchev–Trinajstić information content (AvgIpc) is 3.75. The number of aromatic amines is 1. The number of hydrogen-bond acceptors (Lipinski definition) is 10. The Morgan fingerprint density at radius 1 is 1.07 bits per heavy atom. The molecular formula is C31H39N3O9S2. The highest BCUT2D eigenvalue weighted by Gasteiger charge is 2.54. The molecule has 12 nitrogen and oxygen atoms in total. The summed E-state index contributed by atoms with van der Waals surface area (Å²) in [6, 6.07) is 12.3. The van der Waals surface area contributed by atoms with Crippen LogP contribution in [-0.2, 0) is 24.6 Å². The summed E-state index contributed by atoms with van der Waals surface area (Å²) < 4.78 is 65.0. The van der Waals surface area contributed by atoms with E-state index >= 15 is 0 Å². The maximum atomic E-state index is 13.5. The van der Waals surface area contributed by atoms with Crippen LogP contribution in [0.25, 0.3) is 10.9 Å². The largest absolute Gasteiger partial charge is 0.491 e. The number of benzene rings is 2. The molecule has 4 N–H and O–H groups in total. The van der Waals surface area contributed by atoms with Crippen LogP contribution in [-0.4, -0.2) is 98.3 Å². The SMILES string of the molecule is Cc1cc(=O)[nH]c2ccc(S(=O)(=O)N3CCC4(CC3)C[C@@H](NCC(O)COc3cccc(S(=O)(=O)C5(CO)CC5)c3)CO4)cc12. The van der Waals surface area contributed by atoms with E-state index in [0.29, 0.717) is 74.0 Å². The lowest BCUT2D eigenvalue weighted by Crippen LogP contribution is -2.47. The van der Waals surface area contributed by atoms with Gasteiger partial charge in [0, 0.05) is 42.6 Å². The van der Waals surface area contributed by atoms with Gasteiger partial charge in [-0.1, -0.05) is 6.07 Å². The number of H-pyrrole nitrogens is 1. The molecule has 1 saturated carbocycles. The zero-order chi connectivity index (χ0) is 32.0. The second kappa shape index (κ2) is 12.1.